The Bertz CT molecular complexity index is 1260. The summed E-state index contributed by atoms with van der Waals surface area (Å²) in [5, 5.41) is 20.2. The van der Waals surface area contributed by atoms with Gasteiger partial charge < -0.3 is 10.0 Å². The average Bonchev–Trinajstić information content (AvgIpc) is 3.73. The van der Waals surface area contributed by atoms with Crippen LogP contribution in [0.5, 0.6) is 5.75 Å². The van der Waals surface area contributed by atoms with Crippen molar-refractivity contribution < 1.29 is 13.9 Å². The highest BCUT2D eigenvalue weighted by Crippen LogP contribution is 2.46. The van der Waals surface area contributed by atoms with Crippen LogP contribution in [-0.2, 0) is 0 Å². The minimum atomic E-state index is -0.847. The number of aromatic hydroxyl groups is 1. The van der Waals surface area contributed by atoms with Gasteiger partial charge in [-0.2, -0.15) is 0 Å². The topological polar surface area (TPSA) is 75.0 Å². The third kappa shape index (κ3) is 4.42. The summed E-state index contributed by atoms with van der Waals surface area (Å²) in [5.74, 6) is 1.10. The lowest BCUT2D eigenvalue weighted by Gasteiger charge is -2.46. The van der Waals surface area contributed by atoms with Crippen LogP contribution >= 0.6 is 11.8 Å². The number of phenols is 1. The monoisotopic (exact) mass is 509 g/mol. The Balaban J connectivity index is 1.26. The van der Waals surface area contributed by atoms with Crippen LogP contribution in [0.1, 0.15) is 44.9 Å². The Hall–Kier alpha value is -2.81. The van der Waals surface area contributed by atoms with Crippen molar-refractivity contribution in [3.8, 4) is 28.3 Å². The highest BCUT2D eigenvalue weighted by molar-refractivity contribution is 7.98. The van der Waals surface area contributed by atoms with Crippen molar-refractivity contribution in [1.29, 1.82) is 0 Å². The van der Waals surface area contributed by atoms with E-state index in [1.54, 1.807) is 24.4 Å². The summed E-state index contributed by atoms with van der Waals surface area (Å²) in [7, 11) is 0. The molecular weight excluding hydrogens is 480 g/mol. The first-order valence-electron chi connectivity index (χ1n) is 12.7. The smallest absolute Gasteiger partial charge is 0.185 e. The van der Waals surface area contributed by atoms with Crippen molar-refractivity contribution in [3.63, 3.8) is 0 Å². The lowest BCUT2D eigenvalue weighted by atomic mass is 9.69. The van der Waals surface area contributed by atoms with Crippen LogP contribution in [0.25, 0.3) is 22.5 Å². The average molecular weight is 510 g/mol. The molecule has 6 nitrogen and oxygen atoms in total. The van der Waals surface area contributed by atoms with Gasteiger partial charge in [0.15, 0.2) is 11.6 Å². The number of phenolic OH excluding ortho intramolecular Hbond substituents is 1. The zero-order chi connectivity index (χ0) is 24.8. The molecule has 2 heterocycles. The van der Waals surface area contributed by atoms with Gasteiger partial charge in [0.05, 0.1) is 29.0 Å². The minimum absolute atomic E-state index is 0.0630. The van der Waals surface area contributed by atoms with E-state index in [0.29, 0.717) is 39.5 Å². The summed E-state index contributed by atoms with van der Waals surface area (Å²) in [6.45, 7) is 0. The van der Waals surface area contributed by atoms with E-state index in [4.69, 9.17) is 0 Å². The zero-order valence-electron chi connectivity index (χ0n) is 20.1. The number of halogens is 2. The Morgan fingerprint density at radius 1 is 1.00 bits per heavy atom. The van der Waals surface area contributed by atoms with Gasteiger partial charge in [-0.3, -0.25) is 0 Å². The first-order chi connectivity index (χ1) is 17.5. The molecule has 0 saturated heterocycles. The summed E-state index contributed by atoms with van der Waals surface area (Å²) >= 11 is 1.42. The summed E-state index contributed by atoms with van der Waals surface area (Å²) in [5.41, 5.74) is 1.31. The van der Waals surface area contributed by atoms with Crippen LogP contribution in [0.15, 0.2) is 41.7 Å². The molecule has 3 saturated carbocycles. The molecule has 0 spiro atoms. The normalized spacial score (nSPS) is 25.5. The third-order valence-corrected chi connectivity index (χ3v) is 8.56. The zero-order valence-corrected chi connectivity index (χ0v) is 21.0. The van der Waals surface area contributed by atoms with E-state index in [1.165, 1.54) is 30.4 Å². The molecule has 3 aliphatic rings. The SMILES string of the molecule is CSc1cc(-c2ccc(-c3ncc(N(C4CC4)[C@@H]4C[C@H]5CCC[C@H](C5)[C@@H]4F)nn3)c(O)c2)c(F)cn1. The molecule has 1 N–H and O–H groups in total. The number of hydrogen-bond acceptors (Lipinski definition) is 7. The number of benzene rings is 1. The van der Waals surface area contributed by atoms with Crippen molar-refractivity contribution in [2.24, 2.45) is 11.8 Å². The second-order valence-electron chi connectivity index (χ2n) is 10.3. The van der Waals surface area contributed by atoms with Gasteiger partial charge in [0.1, 0.15) is 17.7 Å². The number of thioether (sulfide) groups is 1. The Kier molecular flexibility index (Phi) is 6.27. The van der Waals surface area contributed by atoms with E-state index >= 15 is 4.39 Å². The molecule has 6 rings (SSSR count). The molecule has 3 fully saturated rings. The second-order valence-corrected chi connectivity index (χ2v) is 11.1. The molecule has 3 aromatic rings. The summed E-state index contributed by atoms with van der Waals surface area (Å²) in [6.07, 6.45) is 11.1. The quantitative estimate of drug-likeness (QED) is 0.405. The van der Waals surface area contributed by atoms with E-state index in [-0.39, 0.29) is 23.5 Å². The maximum absolute atomic E-state index is 15.5. The van der Waals surface area contributed by atoms with Gasteiger partial charge >= 0.3 is 0 Å². The van der Waals surface area contributed by atoms with Crippen LogP contribution in [0.3, 0.4) is 0 Å². The van der Waals surface area contributed by atoms with E-state index in [1.807, 2.05) is 6.26 Å². The molecule has 3 aliphatic carbocycles. The molecule has 2 bridgehead atoms. The Morgan fingerprint density at radius 3 is 2.58 bits per heavy atom. The molecular formula is C27H29F2N5OS. The lowest BCUT2D eigenvalue weighted by Crippen LogP contribution is -2.52. The van der Waals surface area contributed by atoms with Crippen molar-refractivity contribution in [2.75, 3.05) is 11.2 Å². The van der Waals surface area contributed by atoms with Crippen molar-refractivity contribution in [2.45, 2.75) is 68.2 Å². The largest absolute Gasteiger partial charge is 0.507 e. The van der Waals surface area contributed by atoms with Crippen LogP contribution in [0.2, 0.25) is 0 Å². The van der Waals surface area contributed by atoms with Gasteiger partial charge in [-0.05, 0) is 74.0 Å². The van der Waals surface area contributed by atoms with Crippen molar-refractivity contribution in [3.05, 3.63) is 42.5 Å². The fourth-order valence-corrected chi connectivity index (χ4v) is 6.41. The van der Waals surface area contributed by atoms with Crippen LogP contribution in [0, 0.1) is 17.7 Å². The fraction of sp³-hybridized carbons (Fsp3) is 0.481. The lowest BCUT2D eigenvalue weighted by molar-refractivity contribution is 0.0631. The van der Waals surface area contributed by atoms with Crippen molar-refractivity contribution in [1.82, 2.24) is 20.2 Å². The molecule has 36 heavy (non-hydrogen) atoms. The van der Waals surface area contributed by atoms with Crippen LogP contribution in [-0.4, -0.2) is 49.8 Å². The van der Waals surface area contributed by atoms with Gasteiger partial charge in [0.2, 0.25) is 0 Å². The summed E-state index contributed by atoms with van der Waals surface area (Å²) in [6, 6.07) is 6.67. The number of anilines is 1. The van der Waals surface area contributed by atoms with Crippen molar-refractivity contribution >= 4 is 17.6 Å². The number of fused-ring (bicyclic) bond motifs is 2. The second kappa shape index (κ2) is 9.57. The molecule has 0 unspecified atom stereocenters. The molecule has 188 valence electrons. The third-order valence-electron chi connectivity index (χ3n) is 7.92. The number of aromatic nitrogens is 4. The molecule has 2 aromatic heterocycles. The number of rotatable bonds is 6. The number of pyridine rings is 1. The Morgan fingerprint density at radius 2 is 1.86 bits per heavy atom. The summed E-state index contributed by atoms with van der Waals surface area (Å²) < 4.78 is 29.9. The molecule has 0 aliphatic heterocycles. The fourth-order valence-electron chi connectivity index (χ4n) is 6.02. The highest BCUT2D eigenvalue weighted by Gasteiger charge is 2.46. The maximum Gasteiger partial charge on any atom is 0.185 e. The molecule has 4 atom stereocenters. The first-order valence-corrected chi connectivity index (χ1v) is 13.9. The van der Waals surface area contributed by atoms with Gasteiger partial charge in [-0.15, -0.1) is 22.0 Å². The highest BCUT2D eigenvalue weighted by atomic mass is 32.2. The van der Waals surface area contributed by atoms with Crippen LogP contribution in [0.4, 0.5) is 14.6 Å². The first kappa shape index (κ1) is 23.6. The van der Waals surface area contributed by atoms with E-state index in [2.05, 4.69) is 25.1 Å². The molecule has 1 aromatic carbocycles. The van der Waals surface area contributed by atoms with Gasteiger partial charge in [0.25, 0.3) is 0 Å². The van der Waals surface area contributed by atoms with Gasteiger partial charge in [-0.25, -0.2) is 18.7 Å². The number of nitrogens with zero attached hydrogens (tertiary/aromatic N) is 5. The predicted molar refractivity (Wildman–Crippen MR) is 136 cm³/mol. The number of hydrogen-bond donors (Lipinski definition) is 1. The van der Waals surface area contributed by atoms with Crippen LogP contribution < -0.4 is 4.90 Å². The molecule has 9 heteroatoms. The van der Waals surface area contributed by atoms with E-state index in [0.717, 1.165) is 38.5 Å². The van der Waals surface area contributed by atoms with Gasteiger partial charge in [0, 0.05) is 11.6 Å². The minimum Gasteiger partial charge on any atom is -0.507 e. The van der Waals surface area contributed by atoms with E-state index < -0.39 is 12.0 Å². The number of alkyl halides is 1. The molecule has 0 radical (unpaired) electrons. The Labute approximate surface area is 213 Å². The van der Waals surface area contributed by atoms with Gasteiger partial charge in [-0.1, -0.05) is 18.9 Å². The standard InChI is InChI=1S/C27H29F2N5OS/c1-36-25-12-20(21(28)13-30-25)16-5-8-19(23(35)11-16)27-31-14-24(32-33-27)34(18-6-7-18)22-10-15-3-2-4-17(9-15)26(22)29/h5,8,11-15,17-18,22,26,35H,2-4,6-7,9-10H2,1H3/t15-,17+,22+,26-/m0/s1. The predicted octanol–water partition coefficient (Wildman–Crippen LogP) is 6.05. The maximum atomic E-state index is 15.5. The summed E-state index contributed by atoms with van der Waals surface area (Å²) in [4.78, 5) is 10.7. The molecule has 0 amide bonds. The van der Waals surface area contributed by atoms with E-state index in [9.17, 15) is 9.50 Å².